The number of ether oxygens (including phenoxy) is 1. The first-order valence-corrected chi connectivity index (χ1v) is 7.45. The van der Waals surface area contributed by atoms with Crippen molar-refractivity contribution in [3.05, 3.63) is 35.6 Å². The van der Waals surface area contributed by atoms with Gasteiger partial charge in [0, 0.05) is 12.8 Å². The second kappa shape index (κ2) is 6.35. The standard InChI is InChI=1S/C16H21FN2O/c17-14-3-1-12(2-4-14)9-15-11-19-16(20-15)10-13-5-7-18-8-6-13/h1-4,13,15,18H,5-11H2. The normalized spacial score (nSPS) is 23.4. The van der Waals surface area contributed by atoms with E-state index in [4.69, 9.17) is 4.74 Å². The molecular formula is C16H21FN2O. The minimum atomic E-state index is -0.191. The Morgan fingerprint density at radius 3 is 2.65 bits per heavy atom. The molecule has 4 heteroatoms. The average molecular weight is 276 g/mol. The number of rotatable bonds is 4. The number of piperidine rings is 1. The monoisotopic (exact) mass is 276 g/mol. The van der Waals surface area contributed by atoms with Crippen LogP contribution in [0.2, 0.25) is 0 Å². The van der Waals surface area contributed by atoms with Gasteiger partial charge in [-0.3, -0.25) is 4.99 Å². The molecule has 3 rings (SSSR count). The van der Waals surface area contributed by atoms with E-state index in [1.165, 1.54) is 25.0 Å². The highest BCUT2D eigenvalue weighted by Crippen LogP contribution is 2.21. The molecule has 1 fully saturated rings. The third-order valence-corrected chi connectivity index (χ3v) is 4.07. The lowest BCUT2D eigenvalue weighted by Crippen LogP contribution is -2.29. The number of hydrogen-bond donors (Lipinski definition) is 1. The Balaban J connectivity index is 1.47. The van der Waals surface area contributed by atoms with Crippen molar-refractivity contribution in [1.82, 2.24) is 5.32 Å². The zero-order chi connectivity index (χ0) is 13.8. The van der Waals surface area contributed by atoms with Crippen LogP contribution < -0.4 is 5.32 Å². The third kappa shape index (κ3) is 3.57. The van der Waals surface area contributed by atoms with Gasteiger partial charge < -0.3 is 10.1 Å². The van der Waals surface area contributed by atoms with Crippen LogP contribution in [0.1, 0.15) is 24.8 Å². The number of halogens is 1. The first-order valence-electron chi connectivity index (χ1n) is 7.45. The first-order chi connectivity index (χ1) is 9.79. The van der Waals surface area contributed by atoms with Crippen LogP contribution in [0.25, 0.3) is 0 Å². The smallest absolute Gasteiger partial charge is 0.184 e. The predicted molar refractivity (Wildman–Crippen MR) is 77.5 cm³/mol. The molecule has 0 bridgehead atoms. The zero-order valence-corrected chi connectivity index (χ0v) is 11.6. The van der Waals surface area contributed by atoms with Crippen LogP contribution in [0.15, 0.2) is 29.3 Å². The van der Waals surface area contributed by atoms with Gasteiger partial charge in [0.2, 0.25) is 0 Å². The lowest BCUT2D eigenvalue weighted by atomic mass is 9.95. The van der Waals surface area contributed by atoms with Crippen LogP contribution in [-0.4, -0.2) is 31.6 Å². The molecule has 0 saturated carbocycles. The van der Waals surface area contributed by atoms with Gasteiger partial charge in [-0.05, 0) is 49.5 Å². The van der Waals surface area contributed by atoms with Crippen LogP contribution >= 0.6 is 0 Å². The average Bonchev–Trinajstić information content (AvgIpc) is 2.90. The fraction of sp³-hybridized carbons (Fsp3) is 0.562. The Morgan fingerprint density at radius 2 is 1.90 bits per heavy atom. The third-order valence-electron chi connectivity index (χ3n) is 4.07. The summed E-state index contributed by atoms with van der Waals surface area (Å²) < 4.78 is 18.8. The molecule has 1 N–H and O–H groups in total. The molecule has 1 saturated heterocycles. The molecule has 2 heterocycles. The second-order valence-electron chi connectivity index (χ2n) is 5.70. The van der Waals surface area contributed by atoms with E-state index in [1.807, 2.05) is 12.1 Å². The largest absolute Gasteiger partial charge is 0.475 e. The molecule has 1 aromatic rings. The Kier molecular flexibility index (Phi) is 4.31. The van der Waals surface area contributed by atoms with E-state index in [2.05, 4.69) is 10.3 Å². The van der Waals surface area contributed by atoms with Crippen LogP contribution in [-0.2, 0) is 11.2 Å². The molecule has 0 radical (unpaired) electrons. The minimum absolute atomic E-state index is 0.122. The topological polar surface area (TPSA) is 33.6 Å². The van der Waals surface area contributed by atoms with Crippen molar-refractivity contribution in [2.45, 2.75) is 31.8 Å². The molecule has 1 atom stereocenters. The number of aliphatic imine (C=N–C) groups is 1. The summed E-state index contributed by atoms with van der Waals surface area (Å²) in [4.78, 5) is 4.52. The highest BCUT2D eigenvalue weighted by molar-refractivity contribution is 5.78. The molecule has 1 unspecified atom stereocenters. The Morgan fingerprint density at radius 1 is 1.15 bits per heavy atom. The lowest BCUT2D eigenvalue weighted by Gasteiger charge is -2.22. The summed E-state index contributed by atoms with van der Waals surface area (Å²) in [5.41, 5.74) is 1.11. The molecular weight excluding hydrogens is 255 g/mol. The van der Waals surface area contributed by atoms with E-state index in [0.29, 0.717) is 5.92 Å². The van der Waals surface area contributed by atoms with Gasteiger partial charge in [-0.25, -0.2) is 4.39 Å². The van der Waals surface area contributed by atoms with E-state index >= 15 is 0 Å². The lowest BCUT2D eigenvalue weighted by molar-refractivity contribution is 0.212. The molecule has 0 amide bonds. The SMILES string of the molecule is Fc1ccc(CC2CN=C(CC3CCNCC3)O2)cc1. The van der Waals surface area contributed by atoms with Gasteiger partial charge in [-0.1, -0.05) is 12.1 Å². The molecule has 108 valence electrons. The summed E-state index contributed by atoms with van der Waals surface area (Å²) in [7, 11) is 0. The Hall–Kier alpha value is -1.42. The van der Waals surface area contributed by atoms with Crippen molar-refractivity contribution in [1.29, 1.82) is 0 Å². The predicted octanol–water partition coefficient (Wildman–Crippen LogP) is 2.56. The van der Waals surface area contributed by atoms with E-state index in [-0.39, 0.29) is 11.9 Å². The van der Waals surface area contributed by atoms with Gasteiger partial charge >= 0.3 is 0 Å². The van der Waals surface area contributed by atoms with E-state index in [9.17, 15) is 4.39 Å². The maximum atomic E-state index is 12.9. The fourth-order valence-corrected chi connectivity index (χ4v) is 2.91. The van der Waals surface area contributed by atoms with Crippen molar-refractivity contribution in [2.24, 2.45) is 10.9 Å². The molecule has 0 aliphatic carbocycles. The molecule has 20 heavy (non-hydrogen) atoms. The van der Waals surface area contributed by atoms with Crippen molar-refractivity contribution in [3.8, 4) is 0 Å². The number of benzene rings is 1. The minimum Gasteiger partial charge on any atom is -0.475 e. The fourth-order valence-electron chi connectivity index (χ4n) is 2.91. The van der Waals surface area contributed by atoms with Crippen molar-refractivity contribution in [2.75, 3.05) is 19.6 Å². The summed E-state index contributed by atoms with van der Waals surface area (Å²) in [5.74, 6) is 1.44. The van der Waals surface area contributed by atoms with Crippen LogP contribution in [0.3, 0.4) is 0 Å². The van der Waals surface area contributed by atoms with Crippen molar-refractivity contribution >= 4 is 5.90 Å². The highest BCUT2D eigenvalue weighted by atomic mass is 19.1. The maximum Gasteiger partial charge on any atom is 0.184 e. The quantitative estimate of drug-likeness (QED) is 0.917. The molecule has 0 aromatic heterocycles. The van der Waals surface area contributed by atoms with Crippen LogP contribution in [0.4, 0.5) is 4.39 Å². The summed E-state index contributed by atoms with van der Waals surface area (Å²) in [6, 6.07) is 6.65. The summed E-state index contributed by atoms with van der Waals surface area (Å²) in [6.07, 6.45) is 4.33. The number of hydrogen-bond acceptors (Lipinski definition) is 3. The van der Waals surface area contributed by atoms with Crippen LogP contribution in [0, 0.1) is 11.7 Å². The first kappa shape index (κ1) is 13.6. The van der Waals surface area contributed by atoms with E-state index < -0.39 is 0 Å². The molecule has 3 nitrogen and oxygen atoms in total. The van der Waals surface area contributed by atoms with Gasteiger partial charge in [0.05, 0.1) is 6.54 Å². The van der Waals surface area contributed by atoms with E-state index in [1.54, 1.807) is 0 Å². The summed E-state index contributed by atoms with van der Waals surface area (Å²) >= 11 is 0. The molecule has 2 aliphatic rings. The number of nitrogens with zero attached hydrogens (tertiary/aromatic N) is 1. The number of nitrogens with one attached hydrogen (secondary N) is 1. The van der Waals surface area contributed by atoms with Gasteiger partial charge in [0.15, 0.2) is 5.90 Å². The molecule has 2 aliphatic heterocycles. The second-order valence-corrected chi connectivity index (χ2v) is 5.70. The molecule has 0 spiro atoms. The van der Waals surface area contributed by atoms with E-state index in [0.717, 1.165) is 43.9 Å². The Bertz CT molecular complexity index is 466. The molecule has 1 aromatic carbocycles. The summed E-state index contributed by atoms with van der Waals surface area (Å²) in [6.45, 7) is 2.95. The van der Waals surface area contributed by atoms with Crippen molar-refractivity contribution in [3.63, 3.8) is 0 Å². The van der Waals surface area contributed by atoms with Gasteiger partial charge in [-0.2, -0.15) is 0 Å². The van der Waals surface area contributed by atoms with Gasteiger partial charge in [0.25, 0.3) is 0 Å². The highest BCUT2D eigenvalue weighted by Gasteiger charge is 2.23. The summed E-state index contributed by atoms with van der Waals surface area (Å²) in [5, 5.41) is 3.37. The van der Waals surface area contributed by atoms with Gasteiger partial charge in [-0.15, -0.1) is 0 Å². The Labute approximate surface area is 119 Å². The van der Waals surface area contributed by atoms with Crippen molar-refractivity contribution < 1.29 is 9.13 Å². The maximum absolute atomic E-state index is 12.9. The van der Waals surface area contributed by atoms with Crippen LogP contribution in [0.5, 0.6) is 0 Å². The van der Waals surface area contributed by atoms with Gasteiger partial charge in [0.1, 0.15) is 11.9 Å². The zero-order valence-electron chi connectivity index (χ0n) is 11.6.